The Morgan fingerprint density at radius 1 is 1.56 bits per heavy atom. The summed E-state index contributed by atoms with van der Waals surface area (Å²) in [5, 5.41) is 8.40. The Hall–Kier alpha value is -0.570. The molecule has 0 radical (unpaired) electrons. The summed E-state index contributed by atoms with van der Waals surface area (Å²) in [7, 11) is 0. The number of hydrogen-bond donors (Lipinski definition) is 0. The molecule has 0 aromatic carbocycles. The van der Waals surface area contributed by atoms with Crippen molar-refractivity contribution >= 4 is 11.6 Å². The molecule has 0 bridgehead atoms. The van der Waals surface area contributed by atoms with E-state index in [4.69, 9.17) is 11.6 Å². The number of alkyl halides is 1. The Bertz CT molecular complexity index is 337. The first kappa shape index (κ1) is 11.9. The van der Waals surface area contributed by atoms with E-state index in [2.05, 4.69) is 24.2 Å². The Balaban J connectivity index is 2.06. The minimum Gasteiger partial charge on any atom is -0.249 e. The lowest BCUT2D eigenvalue weighted by atomic mass is 9.87. The number of nitrogens with zero attached hydrogens (tertiary/aromatic N) is 3. The van der Waals surface area contributed by atoms with E-state index in [-0.39, 0.29) is 5.38 Å². The topological polar surface area (TPSA) is 30.7 Å². The third kappa shape index (κ3) is 2.57. The molecule has 0 N–H and O–H groups in total. The van der Waals surface area contributed by atoms with Gasteiger partial charge in [-0.1, -0.05) is 31.9 Å². The highest BCUT2D eigenvalue weighted by molar-refractivity contribution is 6.20. The van der Waals surface area contributed by atoms with Crippen LogP contribution in [-0.4, -0.2) is 15.0 Å². The summed E-state index contributed by atoms with van der Waals surface area (Å²) in [6.45, 7) is 4.39. The van der Waals surface area contributed by atoms with Crippen molar-refractivity contribution in [1.82, 2.24) is 15.0 Å². The molecule has 0 saturated heterocycles. The average Bonchev–Trinajstić information content (AvgIpc) is 2.77. The van der Waals surface area contributed by atoms with Crippen LogP contribution in [0.3, 0.4) is 0 Å². The molecule has 4 heteroatoms. The summed E-state index contributed by atoms with van der Waals surface area (Å²) >= 11 is 6.16. The van der Waals surface area contributed by atoms with Gasteiger partial charge in [0, 0.05) is 0 Å². The van der Waals surface area contributed by atoms with Gasteiger partial charge < -0.3 is 0 Å². The van der Waals surface area contributed by atoms with Crippen LogP contribution in [0.4, 0.5) is 0 Å². The fraction of sp³-hybridized carbons (Fsp3) is 0.833. The predicted molar refractivity (Wildman–Crippen MR) is 65.6 cm³/mol. The van der Waals surface area contributed by atoms with Crippen molar-refractivity contribution in [2.24, 2.45) is 5.92 Å². The van der Waals surface area contributed by atoms with Crippen molar-refractivity contribution < 1.29 is 0 Å². The summed E-state index contributed by atoms with van der Waals surface area (Å²) in [6.07, 6.45) is 8.05. The molecule has 1 saturated carbocycles. The Morgan fingerprint density at radius 2 is 2.38 bits per heavy atom. The first-order valence-corrected chi connectivity index (χ1v) is 6.70. The minimum atomic E-state index is 0.00904. The van der Waals surface area contributed by atoms with Gasteiger partial charge in [0.15, 0.2) is 0 Å². The van der Waals surface area contributed by atoms with Gasteiger partial charge in [0.1, 0.15) is 5.69 Å². The lowest BCUT2D eigenvalue weighted by Crippen LogP contribution is -2.18. The molecule has 1 heterocycles. The first-order valence-electron chi connectivity index (χ1n) is 6.26. The van der Waals surface area contributed by atoms with Gasteiger partial charge in [-0.3, -0.25) is 0 Å². The lowest BCUT2D eigenvalue weighted by molar-refractivity contribution is 0.263. The second kappa shape index (κ2) is 5.17. The van der Waals surface area contributed by atoms with E-state index in [1.165, 1.54) is 25.7 Å². The molecule has 1 aromatic rings. The van der Waals surface area contributed by atoms with Crippen molar-refractivity contribution in [3.63, 3.8) is 0 Å². The third-order valence-electron chi connectivity index (χ3n) is 3.49. The van der Waals surface area contributed by atoms with Crippen LogP contribution >= 0.6 is 11.6 Å². The van der Waals surface area contributed by atoms with Crippen LogP contribution in [0, 0.1) is 5.92 Å². The molecule has 2 rings (SSSR count). The summed E-state index contributed by atoms with van der Waals surface area (Å²) in [5.74, 6) is 0.810. The number of rotatable bonds is 3. The van der Waals surface area contributed by atoms with Crippen LogP contribution in [0.15, 0.2) is 6.20 Å². The van der Waals surface area contributed by atoms with Crippen LogP contribution < -0.4 is 0 Å². The lowest BCUT2D eigenvalue weighted by Gasteiger charge is -2.26. The van der Waals surface area contributed by atoms with Gasteiger partial charge >= 0.3 is 0 Å². The van der Waals surface area contributed by atoms with Gasteiger partial charge in [-0.2, -0.15) is 0 Å². The van der Waals surface area contributed by atoms with Gasteiger partial charge in [-0.15, -0.1) is 16.7 Å². The molecule has 0 aliphatic heterocycles. The fourth-order valence-corrected chi connectivity index (χ4v) is 2.56. The summed E-state index contributed by atoms with van der Waals surface area (Å²) in [6, 6.07) is 0.533. The van der Waals surface area contributed by atoms with E-state index < -0.39 is 0 Å². The molecule has 16 heavy (non-hydrogen) atoms. The van der Waals surface area contributed by atoms with E-state index in [0.29, 0.717) is 6.04 Å². The number of hydrogen-bond acceptors (Lipinski definition) is 2. The molecule has 3 atom stereocenters. The standard InChI is InChI=1S/C12H20ClN3/c1-3-11(13)12-8-16(15-14-12)10-6-4-5-9(2)7-10/h8-11H,3-7H2,1-2H3. The normalized spacial score (nSPS) is 27.9. The van der Waals surface area contributed by atoms with Crippen molar-refractivity contribution in [2.45, 2.75) is 57.4 Å². The Labute approximate surface area is 102 Å². The van der Waals surface area contributed by atoms with E-state index in [1.807, 2.05) is 10.9 Å². The average molecular weight is 242 g/mol. The number of halogens is 1. The zero-order valence-electron chi connectivity index (χ0n) is 10.1. The minimum absolute atomic E-state index is 0.00904. The quantitative estimate of drug-likeness (QED) is 0.756. The van der Waals surface area contributed by atoms with Crippen molar-refractivity contribution in [3.8, 4) is 0 Å². The largest absolute Gasteiger partial charge is 0.249 e. The maximum atomic E-state index is 6.16. The molecule has 0 amide bonds. The van der Waals surface area contributed by atoms with Gasteiger partial charge in [0.2, 0.25) is 0 Å². The highest BCUT2D eigenvalue weighted by Crippen LogP contribution is 2.32. The monoisotopic (exact) mass is 241 g/mol. The highest BCUT2D eigenvalue weighted by Gasteiger charge is 2.22. The smallest absolute Gasteiger partial charge is 0.101 e. The predicted octanol–water partition coefficient (Wildman–Crippen LogP) is 3.72. The van der Waals surface area contributed by atoms with Crippen LogP contribution in [0.1, 0.15) is 63.1 Å². The Kier molecular flexibility index (Phi) is 3.85. The molecule has 0 spiro atoms. The molecule has 1 fully saturated rings. The summed E-state index contributed by atoms with van der Waals surface area (Å²) in [5.41, 5.74) is 0.919. The van der Waals surface area contributed by atoms with Gasteiger partial charge in [-0.05, 0) is 25.2 Å². The van der Waals surface area contributed by atoms with Gasteiger partial charge in [0.25, 0.3) is 0 Å². The molecule has 3 nitrogen and oxygen atoms in total. The molecule has 90 valence electrons. The van der Waals surface area contributed by atoms with E-state index in [9.17, 15) is 0 Å². The fourth-order valence-electron chi connectivity index (χ4n) is 2.46. The second-order valence-electron chi connectivity index (χ2n) is 4.92. The molecule has 1 aliphatic rings. The van der Waals surface area contributed by atoms with Crippen molar-refractivity contribution in [1.29, 1.82) is 0 Å². The van der Waals surface area contributed by atoms with Crippen LogP contribution in [0.2, 0.25) is 0 Å². The van der Waals surface area contributed by atoms with Crippen molar-refractivity contribution in [2.75, 3.05) is 0 Å². The van der Waals surface area contributed by atoms with Crippen molar-refractivity contribution in [3.05, 3.63) is 11.9 Å². The molecular formula is C12H20ClN3. The second-order valence-corrected chi connectivity index (χ2v) is 5.45. The SMILES string of the molecule is CCC(Cl)c1cn(C2CCCC(C)C2)nn1. The molecule has 1 aliphatic carbocycles. The maximum Gasteiger partial charge on any atom is 0.101 e. The molecule has 1 aromatic heterocycles. The van der Waals surface area contributed by atoms with E-state index >= 15 is 0 Å². The number of aromatic nitrogens is 3. The third-order valence-corrected chi connectivity index (χ3v) is 4.02. The zero-order chi connectivity index (χ0) is 11.5. The van der Waals surface area contributed by atoms with Crippen LogP contribution in [0.5, 0.6) is 0 Å². The van der Waals surface area contributed by atoms with Gasteiger partial charge in [-0.25, -0.2) is 4.68 Å². The van der Waals surface area contributed by atoms with Gasteiger partial charge in [0.05, 0.1) is 17.6 Å². The summed E-state index contributed by atoms with van der Waals surface area (Å²) in [4.78, 5) is 0. The van der Waals surface area contributed by atoms with Crippen LogP contribution in [-0.2, 0) is 0 Å². The Morgan fingerprint density at radius 3 is 3.06 bits per heavy atom. The molecular weight excluding hydrogens is 222 g/mol. The summed E-state index contributed by atoms with van der Waals surface area (Å²) < 4.78 is 2.02. The molecule has 3 unspecified atom stereocenters. The first-order chi connectivity index (χ1) is 7.70. The van der Waals surface area contributed by atoms with E-state index in [1.54, 1.807) is 0 Å². The highest BCUT2D eigenvalue weighted by atomic mass is 35.5. The zero-order valence-corrected chi connectivity index (χ0v) is 10.8. The van der Waals surface area contributed by atoms with E-state index in [0.717, 1.165) is 18.0 Å². The maximum absolute atomic E-state index is 6.16. The van der Waals surface area contributed by atoms with Crippen LogP contribution in [0.25, 0.3) is 0 Å².